The molecule has 1 aromatic carbocycles. The maximum Gasteiger partial charge on any atom is 0.224 e. The van der Waals surface area contributed by atoms with Gasteiger partial charge in [0.05, 0.1) is 25.8 Å². The Kier molecular flexibility index (Phi) is 5.94. The Morgan fingerprint density at radius 1 is 1.15 bits per heavy atom. The number of anilines is 1. The number of carbonyl (C=O) groups excluding carboxylic acids is 1. The molecule has 0 fully saturated rings. The zero-order valence-corrected chi connectivity index (χ0v) is 15.3. The molecule has 3 aromatic rings. The van der Waals surface area contributed by atoms with Gasteiger partial charge in [-0.1, -0.05) is 12.1 Å². The van der Waals surface area contributed by atoms with E-state index in [0.717, 1.165) is 22.6 Å². The molecule has 7 nitrogen and oxygen atoms in total. The highest BCUT2D eigenvalue weighted by atomic mass is 16.5. The number of hydrogen-bond donors (Lipinski definition) is 2. The standard InChI is InChI=1S/C20H21N5O2/c1-21-18-11-16(24-20(25-18)15-4-3-9-22-12-15)13-23-19(26)10-14-5-7-17(27-2)8-6-14/h3-9,11-12H,10,13H2,1-2H3,(H,23,26)(H,21,24,25). The minimum absolute atomic E-state index is 0.0762. The first kappa shape index (κ1) is 18.3. The summed E-state index contributed by atoms with van der Waals surface area (Å²) < 4.78 is 5.12. The summed E-state index contributed by atoms with van der Waals surface area (Å²) in [5.41, 5.74) is 2.46. The lowest BCUT2D eigenvalue weighted by molar-refractivity contribution is -0.120. The highest BCUT2D eigenvalue weighted by Gasteiger charge is 2.09. The van der Waals surface area contributed by atoms with E-state index >= 15 is 0 Å². The number of amides is 1. The fourth-order valence-corrected chi connectivity index (χ4v) is 2.52. The Balaban J connectivity index is 1.66. The second-order valence-electron chi connectivity index (χ2n) is 5.86. The smallest absolute Gasteiger partial charge is 0.224 e. The van der Waals surface area contributed by atoms with Gasteiger partial charge in [-0.05, 0) is 29.8 Å². The lowest BCUT2D eigenvalue weighted by Gasteiger charge is -2.09. The van der Waals surface area contributed by atoms with Crippen LogP contribution in [-0.2, 0) is 17.8 Å². The lowest BCUT2D eigenvalue weighted by Crippen LogP contribution is -2.25. The van der Waals surface area contributed by atoms with E-state index in [9.17, 15) is 4.79 Å². The molecule has 3 rings (SSSR count). The van der Waals surface area contributed by atoms with E-state index in [1.54, 1.807) is 26.6 Å². The zero-order valence-electron chi connectivity index (χ0n) is 15.3. The van der Waals surface area contributed by atoms with E-state index in [1.807, 2.05) is 42.5 Å². The number of benzene rings is 1. The molecule has 2 aromatic heterocycles. The van der Waals surface area contributed by atoms with Crippen molar-refractivity contribution in [2.24, 2.45) is 0 Å². The van der Waals surface area contributed by atoms with Gasteiger partial charge in [-0.3, -0.25) is 9.78 Å². The molecule has 0 saturated heterocycles. The average Bonchev–Trinajstić information content (AvgIpc) is 2.73. The van der Waals surface area contributed by atoms with Gasteiger partial charge in [-0.2, -0.15) is 0 Å². The van der Waals surface area contributed by atoms with Crippen LogP contribution in [0, 0.1) is 0 Å². The monoisotopic (exact) mass is 363 g/mol. The number of nitrogens with zero attached hydrogens (tertiary/aromatic N) is 3. The molecule has 0 bridgehead atoms. The van der Waals surface area contributed by atoms with Crippen molar-refractivity contribution >= 4 is 11.7 Å². The molecule has 0 aliphatic rings. The second-order valence-corrected chi connectivity index (χ2v) is 5.86. The number of carbonyl (C=O) groups is 1. The molecule has 0 atom stereocenters. The number of ether oxygens (including phenoxy) is 1. The van der Waals surface area contributed by atoms with Crippen LogP contribution in [-0.4, -0.2) is 35.0 Å². The van der Waals surface area contributed by atoms with E-state index in [-0.39, 0.29) is 5.91 Å². The van der Waals surface area contributed by atoms with Gasteiger partial charge in [-0.15, -0.1) is 0 Å². The summed E-state index contributed by atoms with van der Waals surface area (Å²) >= 11 is 0. The van der Waals surface area contributed by atoms with E-state index < -0.39 is 0 Å². The van der Waals surface area contributed by atoms with Crippen LogP contribution < -0.4 is 15.4 Å². The van der Waals surface area contributed by atoms with Gasteiger partial charge in [0.15, 0.2) is 5.82 Å². The lowest BCUT2D eigenvalue weighted by atomic mass is 10.1. The van der Waals surface area contributed by atoms with Gasteiger partial charge in [0, 0.05) is 31.1 Å². The predicted molar refractivity (Wildman–Crippen MR) is 103 cm³/mol. The van der Waals surface area contributed by atoms with Gasteiger partial charge >= 0.3 is 0 Å². The number of nitrogens with one attached hydrogen (secondary N) is 2. The number of aromatic nitrogens is 3. The summed E-state index contributed by atoms with van der Waals surface area (Å²) in [5, 5.41) is 5.92. The molecule has 0 radical (unpaired) electrons. The third kappa shape index (κ3) is 5.01. The van der Waals surface area contributed by atoms with Crippen molar-refractivity contribution < 1.29 is 9.53 Å². The van der Waals surface area contributed by atoms with Gasteiger partial charge < -0.3 is 15.4 Å². The first-order valence-corrected chi connectivity index (χ1v) is 8.53. The summed E-state index contributed by atoms with van der Waals surface area (Å²) in [6.45, 7) is 0.319. The predicted octanol–water partition coefficient (Wildman–Crippen LogP) is 2.45. The third-order valence-corrected chi connectivity index (χ3v) is 3.95. The Hall–Kier alpha value is -3.48. The summed E-state index contributed by atoms with van der Waals surface area (Å²) in [6, 6.07) is 13.0. The van der Waals surface area contributed by atoms with Crippen molar-refractivity contribution in [2.75, 3.05) is 19.5 Å². The average molecular weight is 363 g/mol. The normalized spacial score (nSPS) is 10.3. The summed E-state index contributed by atoms with van der Waals surface area (Å²) in [5.74, 6) is 1.94. The van der Waals surface area contributed by atoms with Crippen LogP contribution in [0.2, 0.25) is 0 Å². The summed E-state index contributed by atoms with van der Waals surface area (Å²) in [7, 11) is 3.41. The molecule has 7 heteroatoms. The van der Waals surface area contributed by atoms with Crippen LogP contribution in [0.1, 0.15) is 11.3 Å². The van der Waals surface area contributed by atoms with Gasteiger partial charge in [-0.25, -0.2) is 9.97 Å². The SMILES string of the molecule is CNc1cc(CNC(=O)Cc2ccc(OC)cc2)nc(-c2cccnc2)n1. The van der Waals surface area contributed by atoms with Crippen molar-refractivity contribution in [3.8, 4) is 17.1 Å². The van der Waals surface area contributed by atoms with Crippen molar-refractivity contribution in [3.05, 3.63) is 66.1 Å². The topological polar surface area (TPSA) is 89.0 Å². The molecule has 138 valence electrons. The number of rotatable bonds is 7. The molecular formula is C20H21N5O2. The highest BCUT2D eigenvalue weighted by Crippen LogP contribution is 2.17. The van der Waals surface area contributed by atoms with Crippen molar-refractivity contribution in [1.82, 2.24) is 20.3 Å². The summed E-state index contributed by atoms with van der Waals surface area (Å²) in [6.07, 6.45) is 3.70. The zero-order chi connectivity index (χ0) is 19.1. The molecule has 0 spiro atoms. The van der Waals surface area contributed by atoms with Crippen LogP contribution in [0.5, 0.6) is 5.75 Å². The van der Waals surface area contributed by atoms with Crippen LogP contribution in [0.25, 0.3) is 11.4 Å². The number of methoxy groups -OCH3 is 1. The Labute approximate surface area is 157 Å². The van der Waals surface area contributed by atoms with E-state index in [1.165, 1.54) is 0 Å². The second kappa shape index (κ2) is 8.75. The Morgan fingerprint density at radius 3 is 2.63 bits per heavy atom. The minimum Gasteiger partial charge on any atom is -0.497 e. The van der Waals surface area contributed by atoms with Crippen LogP contribution in [0.3, 0.4) is 0 Å². The summed E-state index contributed by atoms with van der Waals surface area (Å²) in [4.78, 5) is 25.3. The van der Waals surface area contributed by atoms with Gasteiger partial charge in [0.25, 0.3) is 0 Å². The van der Waals surface area contributed by atoms with E-state index in [0.29, 0.717) is 24.6 Å². The molecule has 27 heavy (non-hydrogen) atoms. The molecule has 0 aliphatic heterocycles. The molecule has 0 saturated carbocycles. The number of hydrogen-bond acceptors (Lipinski definition) is 6. The van der Waals surface area contributed by atoms with Crippen LogP contribution >= 0.6 is 0 Å². The fraction of sp³-hybridized carbons (Fsp3) is 0.200. The minimum atomic E-state index is -0.0762. The van der Waals surface area contributed by atoms with E-state index in [4.69, 9.17) is 4.74 Å². The first-order valence-electron chi connectivity index (χ1n) is 8.53. The quantitative estimate of drug-likeness (QED) is 0.670. The molecular weight excluding hydrogens is 342 g/mol. The van der Waals surface area contributed by atoms with Gasteiger partial charge in [0.1, 0.15) is 11.6 Å². The van der Waals surface area contributed by atoms with Crippen LogP contribution in [0.15, 0.2) is 54.9 Å². The van der Waals surface area contributed by atoms with Crippen molar-refractivity contribution in [1.29, 1.82) is 0 Å². The molecule has 0 unspecified atom stereocenters. The van der Waals surface area contributed by atoms with E-state index in [2.05, 4.69) is 25.6 Å². The van der Waals surface area contributed by atoms with Crippen molar-refractivity contribution in [2.45, 2.75) is 13.0 Å². The molecule has 0 aliphatic carbocycles. The maximum atomic E-state index is 12.2. The number of pyridine rings is 1. The Bertz CT molecular complexity index is 898. The highest BCUT2D eigenvalue weighted by molar-refractivity contribution is 5.78. The molecule has 1 amide bonds. The largest absolute Gasteiger partial charge is 0.497 e. The van der Waals surface area contributed by atoms with Gasteiger partial charge in [0.2, 0.25) is 5.91 Å². The maximum absolute atomic E-state index is 12.2. The fourth-order valence-electron chi connectivity index (χ4n) is 2.52. The first-order chi connectivity index (χ1) is 13.2. The molecule has 2 N–H and O–H groups in total. The van der Waals surface area contributed by atoms with Crippen molar-refractivity contribution in [3.63, 3.8) is 0 Å². The van der Waals surface area contributed by atoms with Crippen LogP contribution in [0.4, 0.5) is 5.82 Å². The molecule has 2 heterocycles. The Morgan fingerprint density at radius 2 is 1.96 bits per heavy atom. The third-order valence-electron chi connectivity index (χ3n) is 3.95.